The van der Waals surface area contributed by atoms with Gasteiger partial charge >= 0.3 is 0 Å². The zero-order valence-electron chi connectivity index (χ0n) is 13.0. The van der Waals surface area contributed by atoms with Gasteiger partial charge in [-0.2, -0.15) is 0 Å². The van der Waals surface area contributed by atoms with Crippen LogP contribution in [-0.2, 0) is 11.3 Å². The Bertz CT molecular complexity index is 487. The molecule has 3 nitrogen and oxygen atoms in total. The molecule has 0 bridgehead atoms. The minimum absolute atomic E-state index is 0.0901. The molecule has 0 aliphatic carbocycles. The van der Waals surface area contributed by atoms with Gasteiger partial charge in [0.25, 0.3) is 0 Å². The molecule has 2 heterocycles. The van der Waals surface area contributed by atoms with E-state index >= 15 is 0 Å². The highest BCUT2D eigenvalue weighted by Gasteiger charge is 2.49. The van der Waals surface area contributed by atoms with Crippen molar-refractivity contribution in [1.82, 2.24) is 9.80 Å². The van der Waals surface area contributed by atoms with Crippen molar-refractivity contribution in [3.05, 3.63) is 35.6 Å². The molecule has 2 aliphatic rings. The van der Waals surface area contributed by atoms with Crippen LogP contribution in [0.3, 0.4) is 0 Å². The summed E-state index contributed by atoms with van der Waals surface area (Å²) in [6, 6.07) is 7.10. The molecule has 0 radical (unpaired) electrons. The first-order valence-corrected chi connectivity index (χ1v) is 7.79. The Hall–Kier alpha value is -0.970. The highest BCUT2D eigenvalue weighted by atomic mass is 19.1. The van der Waals surface area contributed by atoms with Gasteiger partial charge in [0.1, 0.15) is 5.82 Å². The van der Waals surface area contributed by atoms with Gasteiger partial charge in [-0.3, -0.25) is 9.80 Å². The summed E-state index contributed by atoms with van der Waals surface area (Å²) in [6.45, 7) is 4.80. The first kappa shape index (κ1) is 14.9. The number of methoxy groups -OCH3 is 1. The minimum Gasteiger partial charge on any atom is -0.384 e. The zero-order chi connectivity index (χ0) is 14.9. The van der Waals surface area contributed by atoms with E-state index in [0.29, 0.717) is 5.92 Å². The molecule has 0 N–H and O–H groups in total. The Morgan fingerprint density at radius 1 is 1.33 bits per heavy atom. The van der Waals surface area contributed by atoms with E-state index in [0.717, 1.165) is 38.3 Å². The molecule has 1 spiro atoms. The molecule has 4 heteroatoms. The molecule has 2 aliphatic heterocycles. The van der Waals surface area contributed by atoms with Crippen LogP contribution in [0.4, 0.5) is 4.39 Å². The normalized spacial score (nSPS) is 26.0. The summed E-state index contributed by atoms with van der Waals surface area (Å²) in [7, 11) is 4.01. The van der Waals surface area contributed by atoms with Gasteiger partial charge in [-0.05, 0) is 38.4 Å². The minimum atomic E-state index is -0.0901. The maximum Gasteiger partial charge on any atom is 0.127 e. The molecule has 2 saturated heterocycles. The van der Waals surface area contributed by atoms with E-state index in [1.165, 1.54) is 12.8 Å². The van der Waals surface area contributed by atoms with E-state index in [2.05, 4.69) is 16.8 Å². The van der Waals surface area contributed by atoms with Crippen LogP contribution in [0, 0.1) is 11.7 Å². The summed E-state index contributed by atoms with van der Waals surface area (Å²) >= 11 is 0. The standard InChI is InChI=1S/C17H25FN2O/c1-19-8-7-14(11-21-2)9-17(19)12-20(13-17)10-15-5-3-4-6-16(15)18/h3-6,14H,7-13H2,1-2H3/t14-/m1/s1. The van der Waals surface area contributed by atoms with Crippen LogP contribution < -0.4 is 0 Å². The van der Waals surface area contributed by atoms with Crippen LogP contribution in [0.15, 0.2) is 24.3 Å². The predicted octanol–water partition coefficient (Wildman–Crippen LogP) is 2.37. The van der Waals surface area contributed by atoms with Crippen LogP contribution in [0.5, 0.6) is 0 Å². The molecule has 0 saturated carbocycles. The molecule has 2 fully saturated rings. The van der Waals surface area contributed by atoms with Crippen LogP contribution in [0.1, 0.15) is 18.4 Å². The van der Waals surface area contributed by atoms with E-state index in [1.54, 1.807) is 19.2 Å². The van der Waals surface area contributed by atoms with Gasteiger partial charge in [-0.25, -0.2) is 4.39 Å². The number of piperidine rings is 1. The number of ether oxygens (including phenoxy) is 1. The summed E-state index contributed by atoms with van der Waals surface area (Å²) < 4.78 is 19.1. The Kier molecular flexibility index (Phi) is 4.29. The van der Waals surface area contributed by atoms with Crippen LogP contribution in [0.2, 0.25) is 0 Å². The third kappa shape index (κ3) is 2.98. The smallest absolute Gasteiger partial charge is 0.127 e. The van der Waals surface area contributed by atoms with Crippen LogP contribution in [0.25, 0.3) is 0 Å². The molecule has 0 amide bonds. The van der Waals surface area contributed by atoms with Crippen molar-refractivity contribution in [3.63, 3.8) is 0 Å². The molecule has 21 heavy (non-hydrogen) atoms. The van der Waals surface area contributed by atoms with E-state index in [-0.39, 0.29) is 11.4 Å². The number of likely N-dealkylation sites (N-methyl/N-ethyl adjacent to an activating group) is 1. The number of nitrogens with zero attached hydrogens (tertiary/aromatic N) is 2. The van der Waals surface area contributed by atoms with Gasteiger partial charge < -0.3 is 4.74 Å². The van der Waals surface area contributed by atoms with Crippen molar-refractivity contribution in [1.29, 1.82) is 0 Å². The summed E-state index contributed by atoms with van der Waals surface area (Å²) in [6.07, 6.45) is 2.42. The Balaban J connectivity index is 1.59. The average molecular weight is 292 g/mol. The Labute approximate surface area is 126 Å². The maximum atomic E-state index is 13.7. The molecule has 0 aromatic heterocycles. The lowest BCUT2D eigenvalue weighted by Gasteiger charge is -2.58. The lowest BCUT2D eigenvalue weighted by atomic mass is 9.75. The molecule has 1 atom stereocenters. The summed E-state index contributed by atoms with van der Waals surface area (Å²) in [4.78, 5) is 4.85. The second-order valence-corrected chi connectivity index (χ2v) is 6.70. The number of hydrogen-bond donors (Lipinski definition) is 0. The maximum absolute atomic E-state index is 13.7. The Morgan fingerprint density at radius 3 is 2.81 bits per heavy atom. The fraction of sp³-hybridized carbons (Fsp3) is 0.647. The predicted molar refractivity (Wildman–Crippen MR) is 81.6 cm³/mol. The van der Waals surface area contributed by atoms with Crippen molar-refractivity contribution in [3.8, 4) is 0 Å². The van der Waals surface area contributed by atoms with Crippen molar-refractivity contribution in [2.24, 2.45) is 5.92 Å². The lowest BCUT2D eigenvalue weighted by Crippen LogP contribution is -2.71. The number of rotatable bonds is 4. The topological polar surface area (TPSA) is 15.7 Å². The fourth-order valence-electron chi connectivity index (χ4n) is 3.92. The van der Waals surface area contributed by atoms with Gasteiger partial charge in [0.05, 0.1) is 0 Å². The first-order chi connectivity index (χ1) is 10.1. The van der Waals surface area contributed by atoms with Crippen LogP contribution >= 0.6 is 0 Å². The number of hydrogen-bond acceptors (Lipinski definition) is 3. The highest BCUT2D eigenvalue weighted by molar-refractivity contribution is 5.18. The third-order valence-electron chi connectivity index (χ3n) is 5.14. The molecule has 0 unspecified atom stereocenters. The summed E-state index contributed by atoms with van der Waals surface area (Å²) in [5.41, 5.74) is 1.09. The summed E-state index contributed by atoms with van der Waals surface area (Å²) in [5, 5.41) is 0. The van der Waals surface area contributed by atoms with Gasteiger partial charge in [0.2, 0.25) is 0 Å². The highest BCUT2D eigenvalue weighted by Crippen LogP contribution is 2.38. The second kappa shape index (κ2) is 6.03. The van der Waals surface area contributed by atoms with E-state index in [1.807, 2.05) is 12.1 Å². The number of halogens is 1. The molecular weight excluding hydrogens is 267 g/mol. The largest absolute Gasteiger partial charge is 0.384 e. The first-order valence-electron chi connectivity index (χ1n) is 7.79. The fourth-order valence-corrected chi connectivity index (χ4v) is 3.92. The number of benzene rings is 1. The van der Waals surface area contributed by atoms with Crippen molar-refractivity contribution in [2.45, 2.75) is 24.9 Å². The number of likely N-dealkylation sites (tertiary alicyclic amines) is 2. The zero-order valence-corrected chi connectivity index (χ0v) is 13.0. The summed E-state index contributed by atoms with van der Waals surface area (Å²) in [5.74, 6) is 0.578. The van der Waals surface area contributed by atoms with E-state index in [9.17, 15) is 4.39 Å². The van der Waals surface area contributed by atoms with Crippen molar-refractivity contribution in [2.75, 3.05) is 40.4 Å². The van der Waals surface area contributed by atoms with Gasteiger partial charge in [-0.15, -0.1) is 0 Å². The van der Waals surface area contributed by atoms with Gasteiger partial charge in [0, 0.05) is 44.5 Å². The van der Waals surface area contributed by atoms with Crippen molar-refractivity contribution >= 4 is 0 Å². The molecule has 1 aromatic carbocycles. The third-order valence-corrected chi connectivity index (χ3v) is 5.14. The Morgan fingerprint density at radius 2 is 2.10 bits per heavy atom. The molecule has 116 valence electrons. The van der Waals surface area contributed by atoms with Gasteiger partial charge in [-0.1, -0.05) is 18.2 Å². The average Bonchev–Trinajstić information content (AvgIpc) is 2.43. The van der Waals surface area contributed by atoms with Gasteiger partial charge in [0.15, 0.2) is 0 Å². The van der Waals surface area contributed by atoms with E-state index in [4.69, 9.17) is 4.74 Å². The molecule has 3 rings (SSSR count). The lowest BCUT2D eigenvalue weighted by molar-refractivity contribution is -0.0908. The van der Waals surface area contributed by atoms with Crippen molar-refractivity contribution < 1.29 is 9.13 Å². The molecular formula is C17H25FN2O. The van der Waals surface area contributed by atoms with E-state index < -0.39 is 0 Å². The second-order valence-electron chi connectivity index (χ2n) is 6.70. The quantitative estimate of drug-likeness (QED) is 0.847. The monoisotopic (exact) mass is 292 g/mol. The van der Waals surface area contributed by atoms with Crippen LogP contribution in [-0.4, -0.2) is 55.7 Å². The molecule has 1 aromatic rings. The SMILES string of the molecule is COC[C@@H]1CCN(C)C2(C1)CN(Cc1ccccc1F)C2.